The molecule has 1 heterocycles. The van der Waals surface area contributed by atoms with E-state index in [9.17, 15) is 4.79 Å². The largest absolute Gasteiger partial charge is 0.361 e. The summed E-state index contributed by atoms with van der Waals surface area (Å²) in [7, 11) is 0. The molecule has 0 saturated heterocycles. The third-order valence-corrected chi connectivity index (χ3v) is 4.48. The Hall–Kier alpha value is -2.20. The highest BCUT2D eigenvalue weighted by Crippen LogP contribution is 2.18. The summed E-state index contributed by atoms with van der Waals surface area (Å²) in [6, 6.07) is 18.3. The summed E-state index contributed by atoms with van der Waals surface area (Å²) in [6.45, 7) is 0.681. The van der Waals surface area contributed by atoms with Crippen molar-refractivity contribution >= 4 is 28.6 Å². The molecule has 0 bridgehead atoms. The van der Waals surface area contributed by atoms with Gasteiger partial charge in [-0.25, -0.2) is 0 Å². The van der Waals surface area contributed by atoms with Crippen molar-refractivity contribution in [1.82, 2.24) is 10.3 Å². The fourth-order valence-corrected chi connectivity index (χ4v) is 3.18. The third-order valence-electron chi connectivity index (χ3n) is 3.46. The maximum Gasteiger partial charge on any atom is 0.224 e. The Morgan fingerprint density at radius 2 is 1.82 bits per heavy atom. The molecule has 0 saturated carbocycles. The smallest absolute Gasteiger partial charge is 0.224 e. The van der Waals surface area contributed by atoms with Gasteiger partial charge in [0.2, 0.25) is 5.91 Å². The Balaban J connectivity index is 1.47. The molecule has 0 aliphatic heterocycles. The molecule has 0 aliphatic rings. The van der Waals surface area contributed by atoms with E-state index in [1.807, 2.05) is 48.7 Å². The highest BCUT2D eigenvalue weighted by molar-refractivity contribution is 7.99. The van der Waals surface area contributed by atoms with Gasteiger partial charge in [0.1, 0.15) is 0 Å². The van der Waals surface area contributed by atoms with E-state index < -0.39 is 0 Å². The standard InChI is InChI=1S/C18H18N2OS/c21-18(19-10-11-22-15-6-2-1-3-7-15)12-14-13-20-17-9-5-4-8-16(14)17/h1-9,13,20H,10-12H2,(H,19,21). The number of para-hydroxylation sites is 1. The van der Waals surface area contributed by atoms with Crippen molar-refractivity contribution in [3.8, 4) is 0 Å². The predicted octanol–water partition coefficient (Wildman–Crippen LogP) is 3.62. The fraction of sp³-hybridized carbons (Fsp3) is 0.167. The summed E-state index contributed by atoms with van der Waals surface area (Å²) < 4.78 is 0. The van der Waals surface area contributed by atoms with E-state index >= 15 is 0 Å². The van der Waals surface area contributed by atoms with E-state index in [0.717, 1.165) is 22.2 Å². The Morgan fingerprint density at radius 1 is 1.05 bits per heavy atom. The molecule has 0 unspecified atom stereocenters. The molecule has 112 valence electrons. The van der Waals surface area contributed by atoms with E-state index in [4.69, 9.17) is 0 Å². The highest BCUT2D eigenvalue weighted by Gasteiger charge is 2.07. The van der Waals surface area contributed by atoms with E-state index in [1.54, 1.807) is 11.8 Å². The van der Waals surface area contributed by atoms with Gasteiger partial charge in [-0.2, -0.15) is 0 Å². The molecule has 2 N–H and O–H groups in total. The van der Waals surface area contributed by atoms with Crippen LogP contribution in [-0.2, 0) is 11.2 Å². The zero-order valence-corrected chi connectivity index (χ0v) is 13.0. The number of H-pyrrole nitrogens is 1. The molecule has 3 rings (SSSR count). The van der Waals surface area contributed by atoms with Gasteiger partial charge in [0.05, 0.1) is 6.42 Å². The maximum atomic E-state index is 12.0. The second-order valence-electron chi connectivity index (χ2n) is 5.05. The van der Waals surface area contributed by atoms with Gasteiger partial charge in [0.15, 0.2) is 0 Å². The first-order valence-corrected chi connectivity index (χ1v) is 8.31. The van der Waals surface area contributed by atoms with Gasteiger partial charge in [0.25, 0.3) is 0 Å². The summed E-state index contributed by atoms with van der Waals surface area (Å²) in [5.74, 6) is 0.947. The highest BCUT2D eigenvalue weighted by atomic mass is 32.2. The number of carbonyl (C=O) groups is 1. The lowest BCUT2D eigenvalue weighted by Gasteiger charge is -2.05. The average Bonchev–Trinajstić information content (AvgIpc) is 2.96. The second kappa shape index (κ2) is 7.18. The van der Waals surface area contributed by atoms with Crippen molar-refractivity contribution in [3.05, 3.63) is 66.4 Å². The van der Waals surface area contributed by atoms with Gasteiger partial charge in [0, 0.05) is 34.3 Å². The third kappa shape index (κ3) is 3.71. The number of fused-ring (bicyclic) bond motifs is 1. The molecule has 0 radical (unpaired) electrons. The lowest BCUT2D eigenvalue weighted by atomic mass is 10.1. The zero-order valence-electron chi connectivity index (χ0n) is 12.2. The molecule has 0 atom stereocenters. The van der Waals surface area contributed by atoms with Gasteiger partial charge in [-0.05, 0) is 23.8 Å². The van der Waals surface area contributed by atoms with E-state index in [0.29, 0.717) is 13.0 Å². The molecular weight excluding hydrogens is 292 g/mol. The number of amides is 1. The molecule has 0 fully saturated rings. The molecule has 22 heavy (non-hydrogen) atoms. The summed E-state index contributed by atoms with van der Waals surface area (Å²) in [5, 5.41) is 4.10. The van der Waals surface area contributed by atoms with Crippen molar-refractivity contribution in [2.24, 2.45) is 0 Å². The van der Waals surface area contributed by atoms with Gasteiger partial charge in [-0.3, -0.25) is 4.79 Å². The zero-order chi connectivity index (χ0) is 15.2. The minimum Gasteiger partial charge on any atom is -0.361 e. The average molecular weight is 310 g/mol. The molecule has 0 spiro atoms. The van der Waals surface area contributed by atoms with E-state index in [-0.39, 0.29) is 5.91 Å². The summed E-state index contributed by atoms with van der Waals surface area (Å²) >= 11 is 1.75. The van der Waals surface area contributed by atoms with Crippen molar-refractivity contribution in [1.29, 1.82) is 0 Å². The molecule has 3 aromatic rings. The molecule has 2 aromatic carbocycles. The van der Waals surface area contributed by atoms with Crippen LogP contribution in [0.25, 0.3) is 10.9 Å². The van der Waals surface area contributed by atoms with Gasteiger partial charge in [-0.1, -0.05) is 36.4 Å². The quantitative estimate of drug-likeness (QED) is 0.539. The molecular formula is C18H18N2OS. The SMILES string of the molecule is O=C(Cc1c[nH]c2ccccc12)NCCSc1ccccc1. The van der Waals surface area contributed by atoms with Crippen molar-refractivity contribution in [2.75, 3.05) is 12.3 Å². The first kappa shape index (κ1) is 14.7. The Kier molecular flexibility index (Phi) is 4.81. The summed E-state index contributed by atoms with van der Waals surface area (Å²) in [6.07, 6.45) is 2.34. The van der Waals surface area contributed by atoms with Crippen molar-refractivity contribution < 1.29 is 4.79 Å². The lowest BCUT2D eigenvalue weighted by molar-refractivity contribution is -0.120. The van der Waals surface area contributed by atoms with Crippen LogP contribution in [-0.4, -0.2) is 23.2 Å². The van der Waals surface area contributed by atoms with Crippen LogP contribution in [0.3, 0.4) is 0 Å². The van der Waals surface area contributed by atoms with Crippen LogP contribution in [0, 0.1) is 0 Å². The number of rotatable bonds is 6. The monoisotopic (exact) mass is 310 g/mol. The maximum absolute atomic E-state index is 12.0. The van der Waals surface area contributed by atoms with E-state index in [2.05, 4.69) is 22.4 Å². The molecule has 4 heteroatoms. The number of thioether (sulfide) groups is 1. The van der Waals surface area contributed by atoms with Crippen LogP contribution in [0.15, 0.2) is 65.7 Å². The van der Waals surface area contributed by atoms with Crippen molar-refractivity contribution in [2.45, 2.75) is 11.3 Å². The topological polar surface area (TPSA) is 44.9 Å². The van der Waals surface area contributed by atoms with Crippen LogP contribution in [0.1, 0.15) is 5.56 Å². The molecule has 3 nitrogen and oxygen atoms in total. The normalized spacial score (nSPS) is 10.7. The minimum absolute atomic E-state index is 0.0680. The van der Waals surface area contributed by atoms with Gasteiger partial charge >= 0.3 is 0 Å². The number of aromatic nitrogens is 1. The number of carbonyl (C=O) groups excluding carboxylic acids is 1. The number of nitrogens with one attached hydrogen (secondary N) is 2. The molecule has 1 amide bonds. The molecule has 1 aromatic heterocycles. The Morgan fingerprint density at radius 3 is 2.68 bits per heavy atom. The molecule has 0 aliphatic carbocycles. The Bertz CT molecular complexity index is 752. The minimum atomic E-state index is 0.0680. The van der Waals surface area contributed by atoms with Gasteiger partial charge < -0.3 is 10.3 Å². The second-order valence-corrected chi connectivity index (χ2v) is 6.22. The predicted molar refractivity (Wildman–Crippen MR) is 92.2 cm³/mol. The number of hydrogen-bond donors (Lipinski definition) is 2. The lowest BCUT2D eigenvalue weighted by Crippen LogP contribution is -2.27. The van der Waals surface area contributed by atoms with Crippen molar-refractivity contribution in [3.63, 3.8) is 0 Å². The Labute approximate surface area is 134 Å². The van der Waals surface area contributed by atoms with Crippen LogP contribution in [0.2, 0.25) is 0 Å². The first-order chi connectivity index (χ1) is 10.8. The summed E-state index contributed by atoms with van der Waals surface area (Å²) in [4.78, 5) is 16.5. The fourth-order valence-electron chi connectivity index (χ4n) is 2.39. The van der Waals surface area contributed by atoms with E-state index in [1.165, 1.54) is 4.90 Å². The van der Waals surface area contributed by atoms with Gasteiger partial charge in [-0.15, -0.1) is 11.8 Å². The summed E-state index contributed by atoms with van der Waals surface area (Å²) in [5.41, 5.74) is 2.12. The van der Waals surface area contributed by atoms with Crippen LogP contribution < -0.4 is 5.32 Å². The van der Waals surface area contributed by atoms with Crippen LogP contribution in [0.4, 0.5) is 0 Å². The first-order valence-electron chi connectivity index (χ1n) is 7.32. The van der Waals surface area contributed by atoms with Crippen LogP contribution >= 0.6 is 11.8 Å². The number of hydrogen-bond acceptors (Lipinski definition) is 2. The number of benzene rings is 2. The van der Waals surface area contributed by atoms with Crippen LogP contribution in [0.5, 0.6) is 0 Å². The number of aromatic amines is 1.